The van der Waals surface area contributed by atoms with Gasteiger partial charge in [-0.1, -0.05) is 19.1 Å². The Bertz CT molecular complexity index is 558. The zero-order valence-corrected chi connectivity index (χ0v) is 11.9. The highest BCUT2D eigenvalue weighted by atomic mass is 16.5. The fraction of sp³-hybridized carbons (Fsp3) is 0.312. The normalized spacial score (nSPS) is 11.9. The summed E-state index contributed by atoms with van der Waals surface area (Å²) in [5.41, 5.74) is 7.97. The maximum atomic E-state index is 6.29. The maximum Gasteiger partial charge on any atom is 0.142 e. The van der Waals surface area contributed by atoms with Gasteiger partial charge in [-0.2, -0.15) is 0 Å². The summed E-state index contributed by atoms with van der Waals surface area (Å²) in [5.74, 6) is 1.52. The summed E-state index contributed by atoms with van der Waals surface area (Å²) in [7, 11) is 1.62. The number of ether oxygens (including phenoxy) is 2. The van der Waals surface area contributed by atoms with Crippen LogP contribution in [0.15, 0.2) is 42.6 Å². The van der Waals surface area contributed by atoms with Crippen LogP contribution in [0.4, 0.5) is 0 Å². The molecule has 20 heavy (non-hydrogen) atoms. The van der Waals surface area contributed by atoms with Crippen molar-refractivity contribution < 1.29 is 9.47 Å². The van der Waals surface area contributed by atoms with Crippen LogP contribution in [-0.4, -0.2) is 18.7 Å². The molecule has 2 N–H and O–H groups in total. The van der Waals surface area contributed by atoms with Crippen LogP contribution in [0.2, 0.25) is 0 Å². The average molecular weight is 272 g/mol. The Kier molecular flexibility index (Phi) is 4.96. The lowest BCUT2D eigenvalue weighted by Crippen LogP contribution is -2.14. The van der Waals surface area contributed by atoms with Gasteiger partial charge in [-0.15, -0.1) is 0 Å². The van der Waals surface area contributed by atoms with Gasteiger partial charge in [0.15, 0.2) is 0 Å². The van der Waals surface area contributed by atoms with Gasteiger partial charge in [0.05, 0.1) is 19.8 Å². The first-order valence-electron chi connectivity index (χ1n) is 6.73. The van der Waals surface area contributed by atoms with Crippen molar-refractivity contribution in [3.8, 4) is 11.5 Å². The molecule has 1 heterocycles. The van der Waals surface area contributed by atoms with E-state index in [1.165, 1.54) is 0 Å². The van der Waals surface area contributed by atoms with E-state index in [2.05, 4.69) is 11.9 Å². The van der Waals surface area contributed by atoms with Crippen LogP contribution in [0.3, 0.4) is 0 Å². The van der Waals surface area contributed by atoms with Crippen molar-refractivity contribution in [3.63, 3.8) is 0 Å². The molecule has 0 aliphatic heterocycles. The summed E-state index contributed by atoms with van der Waals surface area (Å²) >= 11 is 0. The lowest BCUT2D eigenvalue weighted by molar-refractivity contribution is 0.317. The summed E-state index contributed by atoms with van der Waals surface area (Å²) in [5, 5.41) is 0. The van der Waals surface area contributed by atoms with E-state index in [0.29, 0.717) is 12.4 Å². The van der Waals surface area contributed by atoms with Crippen LogP contribution < -0.4 is 15.2 Å². The van der Waals surface area contributed by atoms with Crippen molar-refractivity contribution >= 4 is 0 Å². The third-order valence-corrected chi connectivity index (χ3v) is 3.00. The van der Waals surface area contributed by atoms with E-state index in [9.17, 15) is 0 Å². The molecule has 0 amide bonds. The monoisotopic (exact) mass is 272 g/mol. The molecule has 106 valence electrons. The van der Waals surface area contributed by atoms with Crippen LogP contribution in [-0.2, 0) is 0 Å². The lowest BCUT2D eigenvalue weighted by atomic mass is 10.0. The Morgan fingerprint density at radius 2 is 2.10 bits per heavy atom. The molecule has 2 rings (SSSR count). The first-order chi connectivity index (χ1) is 9.76. The second kappa shape index (κ2) is 6.91. The number of rotatable bonds is 6. The highest BCUT2D eigenvalue weighted by Crippen LogP contribution is 2.27. The Morgan fingerprint density at radius 3 is 2.85 bits per heavy atom. The van der Waals surface area contributed by atoms with Crippen molar-refractivity contribution in [2.75, 3.05) is 13.7 Å². The number of nitrogens with zero attached hydrogens (tertiary/aromatic N) is 1. The number of pyridine rings is 1. The quantitative estimate of drug-likeness (QED) is 0.878. The summed E-state index contributed by atoms with van der Waals surface area (Å²) in [4.78, 5) is 4.33. The topological polar surface area (TPSA) is 57.4 Å². The number of methoxy groups -OCH3 is 1. The maximum absolute atomic E-state index is 6.29. The molecular weight excluding hydrogens is 252 g/mol. The zero-order valence-electron chi connectivity index (χ0n) is 11.9. The molecule has 0 saturated heterocycles. The molecule has 2 aromatic rings. The van der Waals surface area contributed by atoms with Crippen LogP contribution in [0, 0.1) is 0 Å². The first-order valence-corrected chi connectivity index (χ1v) is 6.73. The van der Waals surface area contributed by atoms with Gasteiger partial charge >= 0.3 is 0 Å². The Labute approximate surface area is 119 Å². The minimum Gasteiger partial charge on any atom is -0.495 e. The standard InChI is InChI=1S/C16H20N2O2/c1-3-10-20-13-7-4-6-12(11-13)15(17)16-14(19-2)8-5-9-18-16/h4-9,11,15H,3,10,17H2,1-2H3. The molecule has 0 aliphatic carbocycles. The molecule has 1 unspecified atom stereocenters. The van der Waals surface area contributed by atoms with E-state index in [0.717, 1.165) is 23.4 Å². The van der Waals surface area contributed by atoms with Crippen molar-refractivity contribution in [1.82, 2.24) is 4.98 Å². The molecule has 1 aromatic heterocycles. The zero-order chi connectivity index (χ0) is 14.4. The molecule has 0 radical (unpaired) electrons. The molecule has 0 fully saturated rings. The predicted octanol–water partition coefficient (Wildman–Crippen LogP) is 2.93. The van der Waals surface area contributed by atoms with Gasteiger partial charge in [0.2, 0.25) is 0 Å². The Morgan fingerprint density at radius 1 is 1.25 bits per heavy atom. The smallest absolute Gasteiger partial charge is 0.142 e. The average Bonchev–Trinajstić information content (AvgIpc) is 2.52. The van der Waals surface area contributed by atoms with Crippen LogP contribution in [0.5, 0.6) is 11.5 Å². The van der Waals surface area contributed by atoms with Gasteiger partial charge in [0.25, 0.3) is 0 Å². The molecule has 4 nitrogen and oxygen atoms in total. The van der Waals surface area contributed by atoms with Gasteiger partial charge in [0.1, 0.15) is 17.2 Å². The molecular formula is C16H20N2O2. The summed E-state index contributed by atoms with van der Waals surface area (Å²) in [6, 6.07) is 11.1. The molecule has 1 aromatic carbocycles. The second-order valence-corrected chi connectivity index (χ2v) is 4.49. The molecule has 0 aliphatic rings. The summed E-state index contributed by atoms with van der Waals surface area (Å²) < 4.78 is 10.9. The van der Waals surface area contributed by atoms with Gasteiger partial charge in [0, 0.05) is 6.20 Å². The number of benzene rings is 1. The van der Waals surface area contributed by atoms with Gasteiger partial charge in [-0.05, 0) is 36.2 Å². The number of aromatic nitrogens is 1. The number of nitrogens with two attached hydrogens (primary N) is 1. The molecule has 4 heteroatoms. The first kappa shape index (κ1) is 14.3. The molecule has 0 bridgehead atoms. The van der Waals surface area contributed by atoms with Crippen LogP contribution in [0.25, 0.3) is 0 Å². The summed E-state index contributed by atoms with van der Waals surface area (Å²) in [6.07, 6.45) is 2.69. The lowest BCUT2D eigenvalue weighted by Gasteiger charge is -2.15. The second-order valence-electron chi connectivity index (χ2n) is 4.49. The third kappa shape index (κ3) is 3.27. The SMILES string of the molecule is CCCOc1cccc(C(N)c2ncccc2OC)c1. The van der Waals surface area contributed by atoms with Crippen molar-refractivity contribution in [2.45, 2.75) is 19.4 Å². The number of hydrogen-bond acceptors (Lipinski definition) is 4. The van der Waals surface area contributed by atoms with E-state index in [4.69, 9.17) is 15.2 Å². The van der Waals surface area contributed by atoms with Gasteiger partial charge in [-0.3, -0.25) is 4.98 Å². The number of hydrogen-bond donors (Lipinski definition) is 1. The van der Waals surface area contributed by atoms with E-state index >= 15 is 0 Å². The largest absolute Gasteiger partial charge is 0.495 e. The van der Waals surface area contributed by atoms with Crippen molar-refractivity contribution in [2.24, 2.45) is 5.73 Å². The molecule has 0 spiro atoms. The van der Waals surface area contributed by atoms with E-state index in [1.807, 2.05) is 36.4 Å². The minimum absolute atomic E-state index is 0.337. The fourth-order valence-electron chi connectivity index (χ4n) is 1.98. The van der Waals surface area contributed by atoms with E-state index in [-0.39, 0.29) is 6.04 Å². The summed E-state index contributed by atoms with van der Waals surface area (Å²) in [6.45, 7) is 2.78. The highest BCUT2D eigenvalue weighted by Gasteiger charge is 2.15. The van der Waals surface area contributed by atoms with Gasteiger partial charge in [-0.25, -0.2) is 0 Å². The Balaban J connectivity index is 2.26. The minimum atomic E-state index is -0.337. The van der Waals surface area contributed by atoms with Crippen LogP contribution in [0.1, 0.15) is 30.6 Å². The van der Waals surface area contributed by atoms with Gasteiger partial charge < -0.3 is 15.2 Å². The van der Waals surface area contributed by atoms with E-state index in [1.54, 1.807) is 13.3 Å². The van der Waals surface area contributed by atoms with Crippen molar-refractivity contribution in [1.29, 1.82) is 0 Å². The van der Waals surface area contributed by atoms with E-state index < -0.39 is 0 Å². The fourth-order valence-corrected chi connectivity index (χ4v) is 1.98. The van der Waals surface area contributed by atoms with Crippen molar-refractivity contribution in [3.05, 3.63) is 53.9 Å². The molecule has 0 saturated carbocycles. The Hall–Kier alpha value is -2.07. The predicted molar refractivity (Wildman–Crippen MR) is 79.0 cm³/mol. The molecule has 1 atom stereocenters. The highest BCUT2D eigenvalue weighted by molar-refractivity contribution is 5.39. The third-order valence-electron chi connectivity index (χ3n) is 3.00. The van der Waals surface area contributed by atoms with Crippen LogP contribution >= 0.6 is 0 Å².